The molecule has 0 aliphatic carbocycles. The van der Waals surface area contributed by atoms with Crippen LogP contribution in [0.5, 0.6) is 0 Å². The Morgan fingerprint density at radius 3 is 2.79 bits per heavy atom. The fourth-order valence-electron chi connectivity index (χ4n) is 1.97. The lowest BCUT2D eigenvalue weighted by Gasteiger charge is -2.04. The Morgan fingerprint density at radius 2 is 2.21 bits per heavy atom. The van der Waals surface area contributed by atoms with Crippen molar-refractivity contribution in [3.63, 3.8) is 0 Å². The molecule has 2 aromatic heterocycles. The number of anilines is 1. The number of hydrogen-bond acceptors (Lipinski definition) is 4. The Bertz CT molecular complexity index is 576. The molecule has 0 aromatic carbocycles. The molecule has 0 bridgehead atoms. The van der Waals surface area contributed by atoms with Crippen LogP contribution in [-0.2, 0) is 13.0 Å². The van der Waals surface area contributed by atoms with E-state index in [1.807, 2.05) is 25.1 Å². The molecule has 0 unspecified atom stereocenters. The van der Waals surface area contributed by atoms with Gasteiger partial charge >= 0.3 is 0 Å². The van der Waals surface area contributed by atoms with Gasteiger partial charge in [0, 0.05) is 6.20 Å². The van der Waals surface area contributed by atoms with Crippen LogP contribution in [0.25, 0.3) is 0 Å². The average Bonchev–Trinajstić information content (AvgIpc) is 2.68. The number of amides is 1. The molecular formula is C13H17N5O. The summed E-state index contributed by atoms with van der Waals surface area (Å²) in [7, 11) is 0. The second-order valence-corrected chi connectivity index (χ2v) is 4.30. The highest BCUT2D eigenvalue weighted by atomic mass is 16.1. The van der Waals surface area contributed by atoms with E-state index in [9.17, 15) is 4.79 Å². The molecular weight excluding hydrogens is 242 g/mol. The molecule has 4 N–H and O–H groups in total. The monoisotopic (exact) mass is 259 g/mol. The standard InChI is InChI=1S/C13H17N5O/c1-2-5-10-11(14)12(13(15)19)18(17-10)8-9-6-3-4-7-16-9/h3-4,6-7H,2,5,8,14H2,1H3,(H2,15,19). The van der Waals surface area contributed by atoms with Crippen molar-refractivity contribution in [1.29, 1.82) is 0 Å². The van der Waals surface area contributed by atoms with Crippen LogP contribution in [0, 0.1) is 0 Å². The molecule has 0 aliphatic rings. The van der Waals surface area contributed by atoms with Gasteiger partial charge in [0.25, 0.3) is 5.91 Å². The first-order valence-electron chi connectivity index (χ1n) is 6.18. The number of pyridine rings is 1. The van der Waals surface area contributed by atoms with Crippen LogP contribution in [0.4, 0.5) is 5.69 Å². The van der Waals surface area contributed by atoms with Crippen molar-refractivity contribution in [3.8, 4) is 0 Å². The zero-order chi connectivity index (χ0) is 13.8. The molecule has 19 heavy (non-hydrogen) atoms. The number of carbonyl (C=O) groups excluding carboxylic acids is 1. The van der Waals surface area contributed by atoms with Crippen molar-refractivity contribution in [2.24, 2.45) is 5.73 Å². The number of hydrogen-bond donors (Lipinski definition) is 2. The summed E-state index contributed by atoms with van der Waals surface area (Å²) in [4.78, 5) is 15.7. The van der Waals surface area contributed by atoms with Gasteiger partial charge in [0.1, 0.15) is 5.69 Å². The molecule has 1 amide bonds. The van der Waals surface area contributed by atoms with Crippen molar-refractivity contribution in [2.75, 3.05) is 5.73 Å². The van der Waals surface area contributed by atoms with Crippen LogP contribution in [0.1, 0.15) is 35.2 Å². The van der Waals surface area contributed by atoms with Crippen LogP contribution < -0.4 is 11.5 Å². The lowest BCUT2D eigenvalue weighted by molar-refractivity contribution is 0.0991. The highest BCUT2D eigenvalue weighted by molar-refractivity contribution is 5.96. The first-order chi connectivity index (χ1) is 9.13. The lowest BCUT2D eigenvalue weighted by Crippen LogP contribution is -2.19. The minimum absolute atomic E-state index is 0.258. The molecule has 2 heterocycles. The summed E-state index contributed by atoms with van der Waals surface area (Å²) in [6.07, 6.45) is 3.32. The quantitative estimate of drug-likeness (QED) is 0.835. The first-order valence-corrected chi connectivity index (χ1v) is 6.18. The molecule has 0 atom stereocenters. The number of nitrogen functional groups attached to an aromatic ring is 1. The normalized spacial score (nSPS) is 10.6. The fourth-order valence-corrected chi connectivity index (χ4v) is 1.97. The Balaban J connectivity index is 2.38. The highest BCUT2D eigenvalue weighted by Gasteiger charge is 2.19. The second-order valence-electron chi connectivity index (χ2n) is 4.30. The lowest BCUT2D eigenvalue weighted by atomic mass is 10.2. The Morgan fingerprint density at radius 1 is 1.42 bits per heavy atom. The van der Waals surface area contributed by atoms with Crippen molar-refractivity contribution >= 4 is 11.6 Å². The molecule has 0 saturated carbocycles. The topological polar surface area (TPSA) is 99.8 Å². The van der Waals surface area contributed by atoms with Crippen LogP contribution in [0.2, 0.25) is 0 Å². The van der Waals surface area contributed by atoms with E-state index >= 15 is 0 Å². The van der Waals surface area contributed by atoms with E-state index in [1.54, 1.807) is 6.20 Å². The van der Waals surface area contributed by atoms with E-state index in [1.165, 1.54) is 4.68 Å². The third-order valence-corrected chi connectivity index (χ3v) is 2.82. The zero-order valence-corrected chi connectivity index (χ0v) is 10.8. The third-order valence-electron chi connectivity index (χ3n) is 2.82. The summed E-state index contributed by atoms with van der Waals surface area (Å²) in [5.74, 6) is -0.566. The zero-order valence-electron chi connectivity index (χ0n) is 10.8. The van der Waals surface area contributed by atoms with Crippen molar-refractivity contribution < 1.29 is 4.79 Å². The van der Waals surface area contributed by atoms with Crippen molar-refractivity contribution in [3.05, 3.63) is 41.5 Å². The van der Waals surface area contributed by atoms with Crippen LogP contribution in [0.15, 0.2) is 24.4 Å². The summed E-state index contributed by atoms with van der Waals surface area (Å²) in [6.45, 7) is 2.41. The largest absolute Gasteiger partial charge is 0.395 e. The van der Waals surface area contributed by atoms with Crippen molar-refractivity contribution in [1.82, 2.24) is 14.8 Å². The molecule has 2 aromatic rings. The summed E-state index contributed by atoms with van der Waals surface area (Å²) in [5, 5.41) is 4.37. The summed E-state index contributed by atoms with van der Waals surface area (Å²) < 4.78 is 1.53. The van der Waals surface area contributed by atoms with Gasteiger partial charge in [-0.15, -0.1) is 0 Å². The van der Waals surface area contributed by atoms with Gasteiger partial charge in [-0.25, -0.2) is 0 Å². The smallest absolute Gasteiger partial charge is 0.269 e. The second kappa shape index (κ2) is 5.51. The van der Waals surface area contributed by atoms with Gasteiger partial charge in [-0.2, -0.15) is 5.10 Å². The number of primary amides is 1. The van der Waals surface area contributed by atoms with Crippen LogP contribution in [-0.4, -0.2) is 20.7 Å². The van der Waals surface area contributed by atoms with Gasteiger partial charge in [0.05, 0.1) is 23.6 Å². The molecule has 0 spiro atoms. The van der Waals surface area contributed by atoms with Crippen LogP contribution >= 0.6 is 0 Å². The van der Waals surface area contributed by atoms with E-state index in [2.05, 4.69) is 10.1 Å². The first kappa shape index (κ1) is 13.1. The van der Waals surface area contributed by atoms with E-state index in [4.69, 9.17) is 11.5 Å². The number of carbonyl (C=O) groups is 1. The fraction of sp³-hybridized carbons (Fsp3) is 0.308. The molecule has 2 rings (SSSR count). The maximum absolute atomic E-state index is 11.5. The van der Waals surface area contributed by atoms with Gasteiger partial charge < -0.3 is 11.5 Å². The van der Waals surface area contributed by atoms with E-state index in [0.29, 0.717) is 17.9 Å². The number of aromatic nitrogens is 3. The molecule has 0 aliphatic heterocycles. The van der Waals surface area contributed by atoms with Gasteiger partial charge in [-0.1, -0.05) is 19.4 Å². The van der Waals surface area contributed by atoms with Gasteiger partial charge in [-0.05, 0) is 18.6 Å². The van der Waals surface area contributed by atoms with E-state index in [0.717, 1.165) is 18.5 Å². The third kappa shape index (κ3) is 2.73. The van der Waals surface area contributed by atoms with Gasteiger partial charge in [0.15, 0.2) is 0 Å². The molecule has 6 nitrogen and oxygen atoms in total. The Kier molecular flexibility index (Phi) is 3.79. The highest BCUT2D eigenvalue weighted by Crippen LogP contribution is 2.19. The van der Waals surface area contributed by atoms with E-state index in [-0.39, 0.29) is 5.69 Å². The number of nitrogens with two attached hydrogens (primary N) is 2. The number of rotatable bonds is 5. The maximum Gasteiger partial charge on any atom is 0.269 e. The number of aryl methyl sites for hydroxylation is 1. The molecule has 0 saturated heterocycles. The van der Waals surface area contributed by atoms with E-state index < -0.39 is 5.91 Å². The van der Waals surface area contributed by atoms with Crippen LogP contribution in [0.3, 0.4) is 0 Å². The average molecular weight is 259 g/mol. The minimum Gasteiger partial charge on any atom is -0.395 e. The SMILES string of the molecule is CCCc1nn(Cc2ccccn2)c(C(N)=O)c1N. The molecule has 6 heteroatoms. The molecule has 0 fully saturated rings. The maximum atomic E-state index is 11.5. The van der Waals surface area contributed by atoms with Crippen molar-refractivity contribution in [2.45, 2.75) is 26.3 Å². The number of nitrogens with zero attached hydrogens (tertiary/aromatic N) is 3. The predicted molar refractivity (Wildman–Crippen MR) is 72.5 cm³/mol. The van der Waals surface area contributed by atoms with Gasteiger partial charge in [-0.3, -0.25) is 14.5 Å². The Labute approximate surface area is 111 Å². The summed E-state index contributed by atoms with van der Waals surface area (Å²) in [6, 6.07) is 5.58. The minimum atomic E-state index is -0.566. The Hall–Kier alpha value is -2.37. The predicted octanol–water partition coefficient (Wildman–Crippen LogP) is 0.960. The summed E-state index contributed by atoms with van der Waals surface area (Å²) in [5.41, 5.74) is 13.5. The van der Waals surface area contributed by atoms with Gasteiger partial charge in [0.2, 0.25) is 0 Å². The molecule has 0 radical (unpaired) electrons. The molecule has 100 valence electrons. The summed E-state index contributed by atoms with van der Waals surface area (Å²) >= 11 is 0.